The molecular weight excluding hydrogens is 555 g/mol. The highest BCUT2D eigenvalue weighted by atomic mass is 28.4. The molecule has 0 saturated carbocycles. The van der Waals surface area contributed by atoms with Gasteiger partial charge in [0.25, 0.3) is 0 Å². The van der Waals surface area contributed by atoms with Crippen LogP contribution in [0.3, 0.4) is 0 Å². The van der Waals surface area contributed by atoms with E-state index >= 15 is 0 Å². The van der Waals surface area contributed by atoms with Gasteiger partial charge in [0.05, 0.1) is 5.54 Å². The summed E-state index contributed by atoms with van der Waals surface area (Å²) in [6.07, 6.45) is -7.80. The normalized spacial score (nSPS) is 17.2. The van der Waals surface area contributed by atoms with E-state index < -0.39 is 62.0 Å². The Kier molecular flexibility index (Phi) is 8.50. The molecule has 0 unspecified atom stereocenters. The summed E-state index contributed by atoms with van der Waals surface area (Å²) in [5.74, 6) is -57.0. The first-order chi connectivity index (χ1) is 14.6. The van der Waals surface area contributed by atoms with Crippen molar-refractivity contribution in [3.8, 4) is 0 Å². The maximum Gasteiger partial charge on any atom is 0.509 e. The molecule has 0 radical (unpaired) electrons. The van der Waals surface area contributed by atoms with Crippen molar-refractivity contribution in [2.45, 2.75) is 60.1 Å². The van der Waals surface area contributed by atoms with Gasteiger partial charge >= 0.3 is 56.4 Å². The van der Waals surface area contributed by atoms with E-state index in [0.717, 1.165) is 0 Å². The Balaban J connectivity index is 6.95. The molecule has 0 bridgehead atoms. The minimum absolute atomic E-state index is 0.157. The highest BCUT2D eigenvalue weighted by Gasteiger charge is 2.95. The van der Waals surface area contributed by atoms with Crippen LogP contribution in [0, 0.1) is 0 Å². The molecule has 1 atom stereocenters. The molecule has 0 amide bonds. The second-order valence-corrected chi connectivity index (χ2v) is 9.80. The van der Waals surface area contributed by atoms with Crippen LogP contribution in [0.15, 0.2) is 0 Å². The zero-order valence-corrected chi connectivity index (χ0v) is 17.7. The summed E-state index contributed by atoms with van der Waals surface area (Å²) in [5.41, 5.74) is -3.54. The van der Waals surface area contributed by atoms with E-state index in [9.17, 15) is 74.6 Å². The van der Waals surface area contributed by atoms with Crippen molar-refractivity contribution in [1.82, 2.24) is 0 Å². The summed E-state index contributed by atoms with van der Waals surface area (Å²) in [6, 6.07) is 0. The van der Waals surface area contributed by atoms with Crippen molar-refractivity contribution in [1.29, 1.82) is 0 Å². The Hall–Kier alpha value is -1.09. The Bertz CT molecular complexity index is 708. The molecule has 34 heavy (non-hydrogen) atoms. The maximum absolute atomic E-state index is 14.3. The van der Waals surface area contributed by atoms with Crippen LogP contribution in [0.25, 0.3) is 0 Å². The Labute approximate surface area is 179 Å². The molecule has 0 aliphatic rings. The molecule has 0 saturated heterocycles. The van der Waals surface area contributed by atoms with E-state index in [0.29, 0.717) is 21.3 Å². The third kappa shape index (κ3) is 4.02. The van der Waals surface area contributed by atoms with Gasteiger partial charge in [-0.1, -0.05) is 6.92 Å². The first-order valence-electron chi connectivity index (χ1n) is 7.95. The molecule has 206 valence electrons. The molecule has 0 rings (SSSR count). The monoisotopic (exact) mass is 568 g/mol. The maximum atomic E-state index is 14.3. The lowest BCUT2D eigenvalue weighted by Gasteiger charge is -2.44. The average molecular weight is 568 g/mol. The smallest absolute Gasteiger partial charge is 0.377 e. The Morgan fingerprint density at radius 3 is 0.912 bits per heavy atom. The van der Waals surface area contributed by atoms with Gasteiger partial charge in [-0.15, -0.1) is 0 Å². The van der Waals surface area contributed by atoms with Crippen LogP contribution in [-0.2, 0) is 13.3 Å². The second-order valence-electron chi connectivity index (χ2n) is 6.50. The third-order valence-corrected chi connectivity index (χ3v) is 7.80. The first-order valence-corrected chi connectivity index (χ1v) is 9.76. The largest absolute Gasteiger partial charge is 0.509 e. The number of halogens is 17. The fourth-order valence-corrected chi connectivity index (χ4v) is 4.64. The summed E-state index contributed by atoms with van der Waals surface area (Å²) in [6.45, 7) is -0.157. The zero-order valence-electron chi connectivity index (χ0n) is 16.7. The topological polar surface area (TPSA) is 27.7 Å². The van der Waals surface area contributed by atoms with Gasteiger partial charge < -0.3 is 13.3 Å². The Morgan fingerprint density at radius 1 is 0.441 bits per heavy atom. The van der Waals surface area contributed by atoms with Crippen LogP contribution in [-0.4, -0.2) is 77.8 Å². The van der Waals surface area contributed by atoms with Crippen LogP contribution in [0.4, 0.5) is 74.6 Å². The van der Waals surface area contributed by atoms with E-state index in [4.69, 9.17) is 0 Å². The summed E-state index contributed by atoms with van der Waals surface area (Å²) in [4.78, 5) is 0. The molecule has 0 aliphatic carbocycles. The van der Waals surface area contributed by atoms with Crippen LogP contribution in [0.5, 0.6) is 0 Å². The second kappa shape index (κ2) is 8.78. The quantitative estimate of drug-likeness (QED) is 0.218. The summed E-state index contributed by atoms with van der Waals surface area (Å²) in [5, 5.41) is 0. The van der Waals surface area contributed by atoms with Crippen LogP contribution >= 0.6 is 0 Å². The van der Waals surface area contributed by atoms with E-state index in [-0.39, 0.29) is 6.92 Å². The van der Waals surface area contributed by atoms with Gasteiger partial charge in [0.15, 0.2) is 0 Å². The molecule has 0 fully saturated rings. The molecule has 0 aromatic rings. The molecule has 0 N–H and O–H groups in total. The van der Waals surface area contributed by atoms with E-state index in [1.807, 2.05) is 0 Å². The van der Waals surface area contributed by atoms with Gasteiger partial charge in [0.1, 0.15) is 0 Å². The fraction of sp³-hybridized carbons (Fsp3) is 1.00. The number of rotatable bonds is 11. The number of hydrogen-bond acceptors (Lipinski definition) is 3. The highest BCUT2D eigenvalue weighted by molar-refractivity contribution is 6.62. The predicted molar refractivity (Wildman–Crippen MR) is 76.9 cm³/mol. The standard InChI is InChI=1S/C13H13F17O3Si/c1-5(34(31-2,32-3)33-4)6(14,15)7(16,17)8(18,19)9(20,21)10(22,23)11(24,25)12(26,27)13(28,29)30/h5H,1-4H3/t5-/m1/s1. The van der Waals surface area contributed by atoms with Gasteiger partial charge in [0, 0.05) is 21.3 Å². The lowest BCUT2D eigenvalue weighted by molar-refractivity contribution is -0.461. The van der Waals surface area contributed by atoms with Crippen LogP contribution < -0.4 is 0 Å². The summed E-state index contributed by atoms with van der Waals surface area (Å²) < 4.78 is 239. The molecule has 3 nitrogen and oxygen atoms in total. The molecule has 0 aromatic carbocycles. The zero-order chi connectivity index (χ0) is 28.2. The number of alkyl halides is 17. The van der Waals surface area contributed by atoms with Gasteiger partial charge in [-0.2, -0.15) is 74.6 Å². The SMILES string of the molecule is CO[Si](OC)(OC)[C@H](C)C(F)(F)C(F)(F)C(F)(F)C(F)(F)C(F)(F)C(F)(F)C(F)(F)C(F)(F)F. The van der Waals surface area contributed by atoms with Crippen molar-refractivity contribution in [3.05, 3.63) is 0 Å². The first kappa shape index (κ1) is 32.9. The van der Waals surface area contributed by atoms with Crippen molar-refractivity contribution in [3.63, 3.8) is 0 Å². The molecule has 0 aliphatic heterocycles. The minimum atomic E-state index is -8.68. The predicted octanol–water partition coefficient (Wildman–Crippen LogP) is 6.26. The van der Waals surface area contributed by atoms with E-state index in [2.05, 4.69) is 13.3 Å². The van der Waals surface area contributed by atoms with Gasteiger partial charge in [-0.25, -0.2) is 0 Å². The fourth-order valence-electron chi connectivity index (χ4n) is 2.45. The van der Waals surface area contributed by atoms with Crippen molar-refractivity contribution in [2.24, 2.45) is 0 Å². The van der Waals surface area contributed by atoms with Gasteiger partial charge in [-0.05, 0) is 0 Å². The third-order valence-electron chi connectivity index (χ3n) is 4.67. The Morgan fingerprint density at radius 2 is 0.676 bits per heavy atom. The van der Waals surface area contributed by atoms with Crippen molar-refractivity contribution < 1.29 is 87.9 Å². The minimum Gasteiger partial charge on any atom is -0.377 e. The number of hydrogen-bond donors (Lipinski definition) is 0. The van der Waals surface area contributed by atoms with Gasteiger partial charge in [-0.3, -0.25) is 0 Å². The molecule has 0 spiro atoms. The molecule has 0 aromatic heterocycles. The van der Waals surface area contributed by atoms with Crippen molar-refractivity contribution in [2.75, 3.05) is 21.3 Å². The summed E-state index contributed by atoms with van der Waals surface area (Å²) in [7, 11) is -4.03. The molecule has 0 heterocycles. The van der Waals surface area contributed by atoms with Crippen LogP contribution in [0.1, 0.15) is 6.92 Å². The molecule has 21 heteroatoms. The summed E-state index contributed by atoms with van der Waals surface area (Å²) >= 11 is 0. The lowest BCUT2D eigenvalue weighted by Crippen LogP contribution is -2.75. The van der Waals surface area contributed by atoms with Crippen LogP contribution in [0.2, 0.25) is 5.54 Å². The van der Waals surface area contributed by atoms with Crippen molar-refractivity contribution >= 4 is 8.80 Å². The lowest BCUT2D eigenvalue weighted by atomic mass is 9.88. The highest BCUT2D eigenvalue weighted by Crippen LogP contribution is 2.65. The molecular formula is C13H13F17O3Si. The van der Waals surface area contributed by atoms with Gasteiger partial charge in [0.2, 0.25) is 0 Å². The van der Waals surface area contributed by atoms with E-state index in [1.165, 1.54) is 0 Å². The van der Waals surface area contributed by atoms with E-state index in [1.54, 1.807) is 0 Å². The average Bonchev–Trinajstić information content (AvgIpc) is 2.67.